The molecule has 7 rings (SSSR count). The van der Waals surface area contributed by atoms with Crippen molar-refractivity contribution in [1.29, 1.82) is 0 Å². The third kappa shape index (κ3) is 3.49. The van der Waals surface area contributed by atoms with Crippen molar-refractivity contribution >= 4 is 17.6 Å². The van der Waals surface area contributed by atoms with Crippen LogP contribution in [0.3, 0.4) is 0 Å². The normalized spacial score (nSPS) is 32.5. The number of phenols is 1. The van der Waals surface area contributed by atoms with Crippen LogP contribution in [0.5, 0.6) is 17.2 Å². The Labute approximate surface area is 236 Å². The van der Waals surface area contributed by atoms with Gasteiger partial charge in [-0.3, -0.25) is 14.5 Å². The van der Waals surface area contributed by atoms with Crippen LogP contribution in [0.15, 0.2) is 35.4 Å². The van der Waals surface area contributed by atoms with Crippen LogP contribution in [-0.4, -0.2) is 63.6 Å². The fraction of sp³-hybridized carbons (Fsp3) is 0.576. The minimum Gasteiger partial charge on any atom is -0.507 e. The molecule has 0 amide bonds. The molecule has 214 valence electrons. The van der Waals surface area contributed by atoms with E-state index in [1.807, 2.05) is 52.0 Å². The molecule has 0 aromatic heterocycles. The van der Waals surface area contributed by atoms with Gasteiger partial charge in [-0.25, -0.2) is 0 Å². The Morgan fingerprint density at radius 2 is 1.85 bits per heavy atom. The minimum atomic E-state index is -1.31. The van der Waals surface area contributed by atoms with Crippen LogP contribution in [0, 0.1) is 17.8 Å². The van der Waals surface area contributed by atoms with Crippen molar-refractivity contribution in [3.8, 4) is 17.2 Å². The Balaban J connectivity index is 1.57. The highest BCUT2D eigenvalue weighted by Gasteiger charge is 2.79. The Bertz CT molecular complexity index is 1390. The number of fused-ring (bicyclic) bond motifs is 3. The molecule has 1 aromatic rings. The number of aromatic hydroxyl groups is 1. The zero-order valence-corrected chi connectivity index (χ0v) is 24.8. The maximum absolute atomic E-state index is 14.5. The summed E-state index contributed by atoms with van der Waals surface area (Å²) in [5.74, 6) is -0.509. The second-order valence-electron chi connectivity index (χ2n) is 13.5. The smallest absolute Gasteiger partial charge is 0.200 e. The summed E-state index contributed by atoms with van der Waals surface area (Å²) in [7, 11) is 0. The lowest BCUT2D eigenvalue weighted by Gasteiger charge is -2.59. The fourth-order valence-electron chi connectivity index (χ4n) is 7.79. The molecule has 5 atom stereocenters. The van der Waals surface area contributed by atoms with Gasteiger partial charge in [0, 0.05) is 48.5 Å². The number of carbonyl (C=O) groups is 2. The number of phenolic OH excluding ortho intramolecular Hbond substituents is 1. The molecule has 1 aromatic carbocycles. The molecular weight excluding hydrogens is 506 g/mol. The van der Waals surface area contributed by atoms with Crippen LogP contribution in [0.1, 0.15) is 77.7 Å². The fourth-order valence-corrected chi connectivity index (χ4v) is 7.79. The molecule has 1 spiro atoms. The number of carbonyl (C=O) groups excluding carboxylic acids is 2. The van der Waals surface area contributed by atoms with Crippen LogP contribution in [-0.2, 0) is 9.53 Å². The van der Waals surface area contributed by atoms with Gasteiger partial charge in [0.25, 0.3) is 0 Å². The first-order valence-corrected chi connectivity index (χ1v) is 14.6. The molecule has 2 fully saturated rings. The van der Waals surface area contributed by atoms with E-state index in [0.29, 0.717) is 48.5 Å². The van der Waals surface area contributed by atoms with Crippen LogP contribution in [0.25, 0.3) is 6.08 Å². The van der Waals surface area contributed by atoms with E-state index in [9.17, 15) is 14.7 Å². The molecule has 6 aliphatic rings. The predicted octanol–water partition coefficient (Wildman–Crippen LogP) is 5.51. The first-order valence-electron chi connectivity index (χ1n) is 14.6. The summed E-state index contributed by atoms with van der Waals surface area (Å²) in [4.78, 5) is 31.3. The Kier molecular flexibility index (Phi) is 6.00. The summed E-state index contributed by atoms with van der Waals surface area (Å²) >= 11 is 0. The molecular formula is C33H41NO6. The second-order valence-corrected chi connectivity index (χ2v) is 13.5. The minimum absolute atomic E-state index is 0.0156. The predicted molar refractivity (Wildman–Crippen MR) is 153 cm³/mol. The van der Waals surface area contributed by atoms with E-state index in [-0.39, 0.29) is 40.5 Å². The molecule has 3 aliphatic carbocycles. The van der Waals surface area contributed by atoms with Crippen molar-refractivity contribution in [3.63, 3.8) is 0 Å². The van der Waals surface area contributed by atoms with Crippen LogP contribution in [0.4, 0.5) is 0 Å². The van der Waals surface area contributed by atoms with E-state index >= 15 is 0 Å². The molecule has 0 unspecified atom stereocenters. The number of rotatable bonds is 6. The van der Waals surface area contributed by atoms with Crippen molar-refractivity contribution in [2.75, 3.05) is 13.2 Å². The summed E-state index contributed by atoms with van der Waals surface area (Å²) in [6.07, 6.45) is 8.00. The van der Waals surface area contributed by atoms with Crippen molar-refractivity contribution in [2.45, 2.75) is 90.7 Å². The number of ketones is 2. The van der Waals surface area contributed by atoms with Crippen molar-refractivity contribution < 1.29 is 28.9 Å². The third-order valence-electron chi connectivity index (χ3n) is 9.62. The Morgan fingerprint density at radius 3 is 2.50 bits per heavy atom. The van der Waals surface area contributed by atoms with E-state index in [0.717, 1.165) is 5.57 Å². The maximum Gasteiger partial charge on any atom is 0.200 e. The third-order valence-corrected chi connectivity index (χ3v) is 9.62. The molecule has 3 aliphatic heterocycles. The molecule has 7 nitrogen and oxygen atoms in total. The SMILES string of the molecule is CC(C)=CC[C@@]12OC[C@@H]3[C@@H](CN(C(C)C)C(C)C)[C@@H](C=C4C(=O)c5c(O)cc6c(c5O[C@]431)C=CC(C)(C)O6)C2=O. The lowest BCUT2D eigenvalue weighted by molar-refractivity contribution is -0.171. The Morgan fingerprint density at radius 1 is 1.15 bits per heavy atom. The number of hydrogen-bond donors (Lipinski definition) is 1. The number of ether oxygens (including phenoxy) is 3. The van der Waals surface area contributed by atoms with Gasteiger partial charge in [-0.1, -0.05) is 17.7 Å². The largest absolute Gasteiger partial charge is 0.507 e. The van der Waals surface area contributed by atoms with Crippen LogP contribution < -0.4 is 9.47 Å². The molecule has 4 bridgehead atoms. The maximum atomic E-state index is 14.5. The first kappa shape index (κ1) is 27.3. The molecule has 1 saturated carbocycles. The van der Waals surface area contributed by atoms with Gasteiger partial charge in [0.05, 0.1) is 12.2 Å². The number of benzene rings is 1. The van der Waals surface area contributed by atoms with E-state index in [2.05, 4.69) is 32.6 Å². The van der Waals surface area contributed by atoms with Gasteiger partial charge in [-0.05, 0) is 73.5 Å². The second kappa shape index (κ2) is 8.80. The lowest BCUT2D eigenvalue weighted by atomic mass is 9.49. The Hall–Kier alpha value is -2.90. The van der Waals surface area contributed by atoms with E-state index in [1.165, 1.54) is 6.07 Å². The molecule has 1 saturated heterocycles. The van der Waals surface area contributed by atoms with Gasteiger partial charge in [0.2, 0.25) is 0 Å². The zero-order valence-electron chi connectivity index (χ0n) is 24.8. The average molecular weight is 548 g/mol. The van der Waals surface area contributed by atoms with Crippen molar-refractivity contribution in [3.05, 3.63) is 46.6 Å². The summed E-state index contributed by atoms with van der Waals surface area (Å²) in [5, 5.41) is 11.1. The molecule has 0 radical (unpaired) electrons. The van der Waals surface area contributed by atoms with Crippen LogP contribution in [0.2, 0.25) is 0 Å². The highest BCUT2D eigenvalue weighted by Crippen LogP contribution is 2.66. The first-order chi connectivity index (χ1) is 18.7. The van der Waals surface area contributed by atoms with E-state index in [4.69, 9.17) is 14.2 Å². The molecule has 7 heteroatoms. The van der Waals surface area contributed by atoms with E-state index < -0.39 is 22.7 Å². The number of Topliss-reactive ketones (excluding diaryl/α,β-unsaturated/α-hetero) is 2. The topological polar surface area (TPSA) is 85.3 Å². The highest BCUT2D eigenvalue weighted by molar-refractivity contribution is 6.18. The van der Waals surface area contributed by atoms with Gasteiger partial charge in [0.15, 0.2) is 22.8 Å². The van der Waals surface area contributed by atoms with Gasteiger partial charge in [-0.15, -0.1) is 0 Å². The zero-order chi connectivity index (χ0) is 28.9. The number of allylic oxidation sites excluding steroid dienone is 2. The summed E-state index contributed by atoms with van der Waals surface area (Å²) < 4.78 is 19.8. The molecule has 1 N–H and O–H groups in total. The van der Waals surface area contributed by atoms with Gasteiger partial charge < -0.3 is 19.3 Å². The summed E-state index contributed by atoms with van der Waals surface area (Å²) in [6, 6.07) is 2.08. The molecule has 3 heterocycles. The van der Waals surface area contributed by atoms with E-state index in [1.54, 1.807) is 0 Å². The van der Waals surface area contributed by atoms with Crippen LogP contribution >= 0.6 is 0 Å². The van der Waals surface area contributed by atoms with Gasteiger partial charge in [-0.2, -0.15) is 0 Å². The van der Waals surface area contributed by atoms with Gasteiger partial charge >= 0.3 is 0 Å². The highest BCUT2D eigenvalue weighted by atomic mass is 16.6. The lowest BCUT2D eigenvalue weighted by Crippen LogP contribution is -2.74. The average Bonchev–Trinajstić information content (AvgIpc) is 3.13. The standard InChI is InChI=1S/C33H41NO6/c1-17(2)9-12-32-30(37)21-13-23-28(36)27-25(35)14-26-20(10-11-31(7,8)39-26)29(27)40-33(23,32)24(16-38-32)22(21)15-34(18(3)4)19(5)6/h9-11,13-14,18-19,21-22,24,35H,12,15-16H2,1-8H3/t21-,22+,24-,32+,33-/m1/s1. The number of nitrogens with zero attached hydrogens (tertiary/aromatic N) is 1. The summed E-state index contributed by atoms with van der Waals surface area (Å²) in [6.45, 7) is 17.6. The van der Waals surface area contributed by atoms with Gasteiger partial charge in [0.1, 0.15) is 28.4 Å². The molecule has 40 heavy (non-hydrogen) atoms. The van der Waals surface area contributed by atoms with Crippen molar-refractivity contribution in [1.82, 2.24) is 4.90 Å². The summed E-state index contributed by atoms with van der Waals surface area (Å²) in [5.41, 5.74) is -0.939. The van der Waals surface area contributed by atoms with Crippen molar-refractivity contribution in [2.24, 2.45) is 17.8 Å². The number of hydrogen-bond acceptors (Lipinski definition) is 7. The monoisotopic (exact) mass is 547 g/mol. The quantitative estimate of drug-likeness (QED) is 0.471.